The van der Waals surface area contributed by atoms with E-state index < -0.39 is 47.6 Å². The van der Waals surface area contributed by atoms with Gasteiger partial charge in [-0.25, -0.2) is 9.78 Å². The fourth-order valence-corrected chi connectivity index (χ4v) is 7.98. The molecule has 0 bridgehead atoms. The van der Waals surface area contributed by atoms with Crippen LogP contribution in [0.5, 0.6) is 0 Å². The number of hydrogen-bond donors (Lipinski definition) is 3. The fourth-order valence-electron chi connectivity index (χ4n) is 5.05. The summed E-state index contributed by atoms with van der Waals surface area (Å²) in [6.45, 7) is 3.29. The van der Waals surface area contributed by atoms with Crippen molar-refractivity contribution in [3.63, 3.8) is 0 Å². The summed E-state index contributed by atoms with van der Waals surface area (Å²) >= 11 is 3.89. The zero-order chi connectivity index (χ0) is 30.7. The number of nitrogens with zero attached hydrogens (tertiary/aromatic N) is 3. The molecule has 0 spiro atoms. The van der Waals surface area contributed by atoms with Crippen molar-refractivity contribution in [1.29, 1.82) is 0 Å². The van der Waals surface area contributed by atoms with Crippen LogP contribution in [-0.4, -0.2) is 90.7 Å². The molecule has 228 valence electrons. The summed E-state index contributed by atoms with van der Waals surface area (Å²) in [6.07, 6.45) is 0.0619. The molecule has 4 heterocycles. The van der Waals surface area contributed by atoms with Crippen LogP contribution >= 0.6 is 35.1 Å². The molecule has 5 atom stereocenters. The number of rotatable bonds is 11. The van der Waals surface area contributed by atoms with Crippen molar-refractivity contribution in [3.05, 3.63) is 53.0 Å². The van der Waals surface area contributed by atoms with Crippen molar-refractivity contribution >= 4 is 64.6 Å². The number of Topliss-reactive ketones (excluding diaryl/α,β-unsaturated/α-hetero) is 1. The largest absolute Gasteiger partial charge is 0.426 e. The van der Waals surface area contributed by atoms with Crippen molar-refractivity contribution in [3.8, 4) is 0 Å². The Morgan fingerprint density at radius 1 is 1.26 bits per heavy atom. The van der Waals surface area contributed by atoms with Crippen LogP contribution in [0.1, 0.15) is 48.7 Å². The molecule has 2 amide bonds. The predicted octanol–water partition coefficient (Wildman–Crippen LogP) is 1.40. The standard InChI is InChI=1S/C27H29N5O8S3/c1-13(33)39-14(2)40-26(38)20-15(11-42-27-29-12-30-43-27)10-41-25-19(24(37)32(20)25)31-23(36)22(35)17-7-4-3-6-16(17)21(34)18-8-5-9-28-18/h3-4,6-7,12,14,18-19,22,25,28,35H,5,8-11H2,1-2H3,(H,31,36)/t14?,18-,19?,22?,25-/m0/s1. The third-order valence-corrected chi connectivity index (χ3v) is 10.2. The van der Waals surface area contributed by atoms with Gasteiger partial charge in [0.15, 0.2) is 16.2 Å². The molecule has 1 aromatic heterocycles. The summed E-state index contributed by atoms with van der Waals surface area (Å²) in [5, 5.41) is 16.1. The summed E-state index contributed by atoms with van der Waals surface area (Å²) in [6, 6.07) is 4.96. The molecule has 3 aliphatic rings. The SMILES string of the molecule is CC(=O)OC(C)OC(=O)C1=C(CSc2ncns2)CS[C@H]2C(NC(=O)C(O)c3ccccc3C(=O)[C@@H]3CCCN3)C(=O)N12. The number of hydrogen-bond acceptors (Lipinski definition) is 14. The minimum Gasteiger partial charge on any atom is -0.426 e. The maximum atomic E-state index is 13.4. The predicted molar refractivity (Wildman–Crippen MR) is 157 cm³/mol. The molecule has 2 fully saturated rings. The topological polar surface area (TPSA) is 177 Å². The molecule has 0 saturated carbocycles. The van der Waals surface area contributed by atoms with Crippen LogP contribution in [-0.2, 0) is 28.7 Å². The first-order valence-corrected chi connectivity index (χ1v) is 16.3. The normalized spacial score (nSPS) is 22.7. The van der Waals surface area contributed by atoms with Crippen LogP contribution in [0.4, 0.5) is 0 Å². The number of esters is 2. The summed E-state index contributed by atoms with van der Waals surface area (Å²) < 4.78 is 14.9. The molecular weight excluding hydrogens is 619 g/mol. The lowest BCUT2D eigenvalue weighted by atomic mass is 9.94. The molecule has 1 aromatic carbocycles. The molecule has 2 aromatic rings. The average molecular weight is 648 g/mol. The first-order chi connectivity index (χ1) is 20.7. The van der Waals surface area contributed by atoms with Crippen molar-refractivity contribution in [2.24, 2.45) is 0 Å². The zero-order valence-electron chi connectivity index (χ0n) is 23.2. The smallest absolute Gasteiger partial charge is 0.358 e. The molecular formula is C27H29N5O8S3. The Bertz CT molecular complexity index is 1450. The minimum atomic E-state index is -1.69. The van der Waals surface area contributed by atoms with Crippen molar-refractivity contribution in [2.75, 3.05) is 18.1 Å². The van der Waals surface area contributed by atoms with Gasteiger partial charge in [0.1, 0.15) is 23.4 Å². The maximum Gasteiger partial charge on any atom is 0.358 e. The zero-order valence-corrected chi connectivity index (χ0v) is 25.6. The number of ether oxygens (including phenoxy) is 2. The van der Waals surface area contributed by atoms with Gasteiger partial charge < -0.3 is 25.2 Å². The minimum absolute atomic E-state index is 0.0100. The lowest BCUT2D eigenvalue weighted by Gasteiger charge is -2.50. The highest BCUT2D eigenvalue weighted by Gasteiger charge is 2.55. The number of ketones is 1. The summed E-state index contributed by atoms with van der Waals surface area (Å²) in [7, 11) is 0. The van der Waals surface area contributed by atoms with Crippen LogP contribution in [0.25, 0.3) is 0 Å². The highest BCUT2D eigenvalue weighted by atomic mass is 32.2. The molecule has 2 saturated heterocycles. The number of aliphatic hydroxyl groups excluding tert-OH is 1. The summed E-state index contributed by atoms with van der Waals surface area (Å²) in [4.78, 5) is 69.6. The number of fused-ring (bicyclic) bond motifs is 1. The van der Waals surface area contributed by atoms with Gasteiger partial charge in [0.05, 0.1) is 6.04 Å². The number of aliphatic hydroxyl groups is 1. The van der Waals surface area contributed by atoms with E-state index in [1.807, 2.05) is 0 Å². The highest BCUT2D eigenvalue weighted by Crippen LogP contribution is 2.42. The van der Waals surface area contributed by atoms with Gasteiger partial charge in [-0.2, -0.15) is 4.37 Å². The number of nitrogens with one attached hydrogen (secondary N) is 2. The Morgan fingerprint density at radius 2 is 2.05 bits per heavy atom. The van der Waals surface area contributed by atoms with Gasteiger partial charge in [-0.1, -0.05) is 36.0 Å². The van der Waals surface area contributed by atoms with Gasteiger partial charge in [0, 0.05) is 36.5 Å². The average Bonchev–Trinajstić information content (AvgIpc) is 3.72. The van der Waals surface area contributed by atoms with Crippen LogP contribution in [0.2, 0.25) is 0 Å². The Morgan fingerprint density at radius 3 is 2.74 bits per heavy atom. The molecule has 43 heavy (non-hydrogen) atoms. The number of carbonyl (C=O) groups is 5. The van der Waals surface area contributed by atoms with Crippen LogP contribution in [0.3, 0.4) is 0 Å². The molecule has 0 aliphatic carbocycles. The van der Waals surface area contributed by atoms with Crippen LogP contribution in [0.15, 0.2) is 46.2 Å². The van der Waals surface area contributed by atoms with Gasteiger partial charge in [0.2, 0.25) is 6.29 Å². The number of aromatic nitrogens is 2. The van der Waals surface area contributed by atoms with E-state index >= 15 is 0 Å². The monoisotopic (exact) mass is 647 g/mol. The molecule has 0 radical (unpaired) electrons. The summed E-state index contributed by atoms with van der Waals surface area (Å²) in [5.41, 5.74) is 1.01. The molecule has 3 unspecified atom stereocenters. The van der Waals surface area contributed by atoms with E-state index in [4.69, 9.17) is 9.47 Å². The lowest BCUT2D eigenvalue weighted by molar-refractivity contribution is -0.182. The highest BCUT2D eigenvalue weighted by molar-refractivity contribution is 8.01. The van der Waals surface area contributed by atoms with E-state index in [0.717, 1.165) is 13.0 Å². The molecule has 3 N–H and O–H groups in total. The van der Waals surface area contributed by atoms with Gasteiger partial charge in [0.25, 0.3) is 11.8 Å². The Balaban J connectivity index is 1.31. The van der Waals surface area contributed by atoms with Gasteiger partial charge >= 0.3 is 11.9 Å². The van der Waals surface area contributed by atoms with Gasteiger partial charge in [-0.15, -0.1) is 11.8 Å². The van der Waals surface area contributed by atoms with E-state index in [2.05, 4.69) is 20.0 Å². The number of thioether (sulfide) groups is 2. The molecule has 5 rings (SSSR count). The Labute approximate surface area is 259 Å². The van der Waals surface area contributed by atoms with Crippen molar-refractivity contribution < 1.29 is 38.6 Å². The van der Waals surface area contributed by atoms with Crippen LogP contribution < -0.4 is 10.6 Å². The second-order valence-corrected chi connectivity index (χ2v) is 13.0. The summed E-state index contributed by atoms with van der Waals surface area (Å²) in [5.74, 6) is -2.44. The van der Waals surface area contributed by atoms with E-state index in [1.54, 1.807) is 18.2 Å². The van der Waals surface area contributed by atoms with Crippen molar-refractivity contribution in [1.82, 2.24) is 24.9 Å². The van der Waals surface area contributed by atoms with Crippen molar-refractivity contribution in [2.45, 2.75) is 60.9 Å². The third kappa shape index (κ3) is 6.77. The molecule has 13 nitrogen and oxygen atoms in total. The Kier molecular flexibility index (Phi) is 9.81. The number of β-lactam (4-membered cyclic amide) rings is 1. The second-order valence-electron chi connectivity index (χ2n) is 9.93. The Hall–Kier alpha value is -3.31. The van der Waals surface area contributed by atoms with E-state index in [0.29, 0.717) is 27.8 Å². The maximum absolute atomic E-state index is 13.4. The number of benzene rings is 1. The van der Waals surface area contributed by atoms with E-state index in [9.17, 15) is 29.1 Å². The lowest BCUT2D eigenvalue weighted by Crippen LogP contribution is -2.71. The quantitative estimate of drug-likeness (QED) is 0.105. The van der Waals surface area contributed by atoms with Gasteiger partial charge in [-0.3, -0.25) is 24.1 Å². The first kappa shape index (κ1) is 31.1. The fraction of sp³-hybridized carbons (Fsp3) is 0.444. The van der Waals surface area contributed by atoms with E-state index in [1.165, 1.54) is 66.2 Å². The molecule has 16 heteroatoms. The van der Waals surface area contributed by atoms with E-state index in [-0.39, 0.29) is 28.6 Å². The first-order valence-electron chi connectivity index (χ1n) is 13.4. The third-order valence-electron chi connectivity index (χ3n) is 7.00. The van der Waals surface area contributed by atoms with Crippen LogP contribution in [0, 0.1) is 0 Å². The van der Waals surface area contributed by atoms with Gasteiger partial charge in [-0.05, 0) is 36.5 Å². The number of amides is 2. The number of carbonyl (C=O) groups excluding carboxylic acids is 5. The second kappa shape index (κ2) is 13.5. The molecule has 3 aliphatic heterocycles.